The fraction of sp³-hybridized carbons (Fsp3) is 0. The number of benzene rings is 7. The van der Waals surface area contributed by atoms with Crippen LogP contribution in [0.2, 0.25) is 0 Å². The van der Waals surface area contributed by atoms with Crippen LogP contribution in [0.3, 0.4) is 0 Å². The molecule has 0 atom stereocenters. The standard InChI is InChI=1S/C44H27N3O/c1-3-13-28(14-4-1)29-15-11-16-30(27-29)44-45-37-23-9-7-19-34(37)41(46-44)36-22-12-21-32-33-25-26-39-40(43(33)48-42(32)36)35-20-8-10-24-38(35)47(39)31-17-5-2-6-18-31/h1-27H. The van der Waals surface area contributed by atoms with Gasteiger partial charge in [0, 0.05) is 38.4 Å². The SMILES string of the molecule is c1ccc(-c2cccc(-c3nc(-c4cccc5c4oc4c5ccc5c4c4ccccc4n5-c4ccccc4)c4ccccc4n3)c2)cc1. The summed E-state index contributed by atoms with van der Waals surface area (Å²) in [6.45, 7) is 0. The van der Waals surface area contributed by atoms with E-state index in [1.54, 1.807) is 0 Å². The lowest BCUT2D eigenvalue weighted by Crippen LogP contribution is -1.95. The van der Waals surface area contributed by atoms with Gasteiger partial charge in [0.25, 0.3) is 0 Å². The monoisotopic (exact) mass is 613 g/mol. The summed E-state index contributed by atoms with van der Waals surface area (Å²) < 4.78 is 9.33. The van der Waals surface area contributed by atoms with Gasteiger partial charge in [-0.05, 0) is 59.7 Å². The van der Waals surface area contributed by atoms with Crippen LogP contribution in [0.25, 0.3) is 94.1 Å². The molecular formula is C44H27N3O. The summed E-state index contributed by atoms with van der Waals surface area (Å²) in [4.78, 5) is 10.3. The fourth-order valence-corrected chi connectivity index (χ4v) is 7.23. The Morgan fingerprint density at radius 2 is 1.10 bits per heavy atom. The molecule has 4 heteroatoms. The van der Waals surface area contributed by atoms with E-state index in [0.717, 1.165) is 88.3 Å². The van der Waals surface area contributed by atoms with Crippen molar-refractivity contribution < 1.29 is 4.42 Å². The molecule has 10 rings (SSSR count). The zero-order chi connectivity index (χ0) is 31.6. The van der Waals surface area contributed by atoms with E-state index in [9.17, 15) is 0 Å². The maximum Gasteiger partial charge on any atom is 0.160 e. The first-order valence-corrected chi connectivity index (χ1v) is 16.2. The molecule has 48 heavy (non-hydrogen) atoms. The summed E-state index contributed by atoms with van der Waals surface area (Å²) in [7, 11) is 0. The highest BCUT2D eigenvalue weighted by Gasteiger charge is 2.21. The van der Waals surface area contributed by atoms with Crippen molar-refractivity contribution in [3.63, 3.8) is 0 Å². The molecule has 0 spiro atoms. The Balaban J connectivity index is 1.23. The van der Waals surface area contributed by atoms with Crippen LogP contribution in [0.15, 0.2) is 168 Å². The number of hydrogen-bond donors (Lipinski definition) is 0. The summed E-state index contributed by atoms with van der Waals surface area (Å²) in [5, 5.41) is 5.41. The minimum atomic E-state index is 0.683. The molecule has 7 aromatic carbocycles. The Kier molecular flexibility index (Phi) is 5.84. The smallest absolute Gasteiger partial charge is 0.160 e. The maximum atomic E-state index is 7.01. The van der Waals surface area contributed by atoms with E-state index in [4.69, 9.17) is 14.4 Å². The van der Waals surface area contributed by atoms with Crippen molar-refractivity contribution in [1.82, 2.24) is 14.5 Å². The second-order valence-corrected chi connectivity index (χ2v) is 12.2. The van der Waals surface area contributed by atoms with Gasteiger partial charge in [0.1, 0.15) is 11.2 Å². The van der Waals surface area contributed by atoms with Gasteiger partial charge in [-0.15, -0.1) is 0 Å². The van der Waals surface area contributed by atoms with Gasteiger partial charge in [-0.3, -0.25) is 0 Å². The molecule has 0 saturated carbocycles. The molecule has 0 N–H and O–H groups in total. The first-order chi connectivity index (χ1) is 23.8. The first-order valence-electron chi connectivity index (χ1n) is 16.2. The number of para-hydroxylation sites is 4. The molecule has 0 saturated heterocycles. The van der Waals surface area contributed by atoms with Gasteiger partial charge in [-0.25, -0.2) is 9.97 Å². The van der Waals surface area contributed by atoms with Crippen molar-refractivity contribution in [2.24, 2.45) is 0 Å². The van der Waals surface area contributed by atoms with Crippen molar-refractivity contribution >= 4 is 54.6 Å². The van der Waals surface area contributed by atoms with Crippen LogP contribution in [0, 0.1) is 0 Å². The minimum Gasteiger partial charge on any atom is -0.455 e. The van der Waals surface area contributed by atoms with Gasteiger partial charge in [0.2, 0.25) is 0 Å². The van der Waals surface area contributed by atoms with Crippen LogP contribution in [-0.4, -0.2) is 14.5 Å². The molecule has 0 bridgehead atoms. The molecule has 3 aromatic heterocycles. The largest absolute Gasteiger partial charge is 0.455 e. The third-order valence-corrected chi connectivity index (χ3v) is 9.40. The number of rotatable bonds is 4. The molecule has 0 aliphatic carbocycles. The second-order valence-electron chi connectivity index (χ2n) is 12.2. The van der Waals surface area contributed by atoms with E-state index >= 15 is 0 Å². The number of aromatic nitrogens is 3. The van der Waals surface area contributed by atoms with Gasteiger partial charge in [-0.2, -0.15) is 0 Å². The van der Waals surface area contributed by atoms with E-state index in [0.29, 0.717) is 5.82 Å². The minimum absolute atomic E-state index is 0.683. The maximum absolute atomic E-state index is 7.01. The van der Waals surface area contributed by atoms with Gasteiger partial charge in [-0.1, -0.05) is 115 Å². The molecule has 10 aromatic rings. The lowest BCUT2D eigenvalue weighted by molar-refractivity contribution is 0.674. The van der Waals surface area contributed by atoms with E-state index in [-0.39, 0.29) is 0 Å². The predicted octanol–water partition coefficient (Wildman–Crippen LogP) is 11.6. The number of furan rings is 1. The first kappa shape index (κ1) is 26.7. The van der Waals surface area contributed by atoms with Gasteiger partial charge in [0.05, 0.1) is 27.6 Å². The topological polar surface area (TPSA) is 43.9 Å². The summed E-state index contributed by atoms with van der Waals surface area (Å²) in [6.07, 6.45) is 0. The Labute approximate surface area is 276 Å². The summed E-state index contributed by atoms with van der Waals surface area (Å²) in [6, 6.07) is 57.0. The zero-order valence-electron chi connectivity index (χ0n) is 25.8. The molecule has 0 aliphatic heterocycles. The lowest BCUT2D eigenvalue weighted by atomic mass is 10.0. The average molecular weight is 614 g/mol. The Hall–Kier alpha value is -6.52. The summed E-state index contributed by atoms with van der Waals surface area (Å²) >= 11 is 0. The normalized spacial score (nSPS) is 11.8. The molecule has 0 radical (unpaired) electrons. The van der Waals surface area contributed by atoms with Gasteiger partial charge >= 0.3 is 0 Å². The Bertz CT molecular complexity index is 2830. The van der Waals surface area contributed by atoms with Crippen LogP contribution in [0.4, 0.5) is 0 Å². The highest BCUT2D eigenvalue weighted by atomic mass is 16.3. The summed E-state index contributed by atoms with van der Waals surface area (Å²) in [5.74, 6) is 0.683. The van der Waals surface area contributed by atoms with Crippen LogP contribution in [0.1, 0.15) is 0 Å². The molecule has 0 amide bonds. The van der Waals surface area contributed by atoms with E-state index in [1.165, 1.54) is 0 Å². The number of hydrogen-bond acceptors (Lipinski definition) is 3. The van der Waals surface area contributed by atoms with E-state index < -0.39 is 0 Å². The van der Waals surface area contributed by atoms with E-state index in [2.05, 4.69) is 150 Å². The highest BCUT2D eigenvalue weighted by Crippen LogP contribution is 2.43. The highest BCUT2D eigenvalue weighted by molar-refractivity contribution is 6.25. The lowest BCUT2D eigenvalue weighted by Gasteiger charge is -2.11. The zero-order valence-corrected chi connectivity index (χ0v) is 25.8. The number of nitrogens with zero attached hydrogens (tertiary/aromatic N) is 3. The Morgan fingerprint density at radius 1 is 0.438 bits per heavy atom. The predicted molar refractivity (Wildman–Crippen MR) is 197 cm³/mol. The van der Waals surface area contributed by atoms with Crippen LogP contribution >= 0.6 is 0 Å². The average Bonchev–Trinajstić information content (AvgIpc) is 3.71. The van der Waals surface area contributed by atoms with E-state index in [1.807, 2.05) is 18.2 Å². The molecule has 3 heterocycles. The van der Waals surface area contributed by atoms with Crippen LogP contribution in [-0.2, 0) is 0 Å². The molecule has 0 fully saturated rings. The fourth-order valence-electron chi connectivity index (χ4n) is 7.23. The molecule has 4 nitrogen and oxygen atoms in total. The molecular weight excluding hydrogens is 587 g/mol. The van der Waals surface area contributed by atoms with Gasteiger partial charge < -0.3 is 8.98 Å². The van der Waals surface area contributed by atoms with Gasteiger partial charge in [0.15, 0.2) is 5.82 Å². The second kappa shape index (κ2) is 10.5. The van der Waals surface area contributed by atoms with Crippen LogP contribution < -0.4 is 0 Å². The third kappa shape index (κ3) is 4.03. The van der Waals surface area contributed by atoms with Crippen molar-refractivity contribution in [2.45, 2.75) is 0 Å². The Morgan fingerprint density at radius 3 is 1.98 bits per heavy atom. The molecule has 0 unspecified atom stereocenters. The van der Waals surface area contributed by atoms with Crippen LogP contribution in [0.5, 0.6) is 0 Å². The van der Waals surface area contributed by atoms with Crippen molar-refractivity contribution in [1.29, 1.82) is 0 Å². The van der Waals surface area contributed by atoms with Crippen molar-refractivity contribution in [3.05, 3.63) is 164 Å². The van der Waals surface area contributed by atoms with Crippen molar-refractivity contribution in [2.75, 3.05) is 0 Å². The van der Waals surface area contributed by atoms with Crippen molar-refractivity contribution in [3.8, 4) is 39.5 Å². The quantitative estimate of drug-likeness (QED) is 0.198. The molecule has 224 valence electrons. The summed E-state index contributed by atoms with van der Waals surface area (Å²) in [5.41, 5.74) is 11.0. The molecule has 0 aliphatic rings. The third-order valence-electron chi connectivity index (χ3n) is 9.40. The number of fused-ring (bicyclic) bond motifs is 8.